The van der Waals surface area contributed by atoms with Crippen molar-refractivity contribution in [3.63, 3.8) is 0 Å². The largest absolute Gasteiger partial charge is 0.383 e. The monoisotopic (exact) mass is 272 g/mol. The average molecular weight is 272 g/mol. The van der Waals surface area contributed by atoms with Crippen LogP contribution in [0.25, 0.3) is 0 Å². The predicted molar refractivity (Wildman–Crippen MR) is 82.3 cm³/mol. The summed E-state index contributed by atoms with van der Waals surface area (Å²) in [5, 5.41) is 0. The summed E-state index contributed by atoms with van der Waals surface area (Å²) >= 11 is 0. The fourth-order valence-electron chi connectivity index (χ4n) is 2.63. The molecule has 1 aromatic rings. The fraction of sp³-hybridized carbons (Fsp3) is 0.471. The van der Waals surface area contributed by atoms with Crippen molar-refractivity contribution in [3.05, 3.63) is 48.2 Å². The minimum Gasteiger partial charge on any atom is -0.383 e. The molecule has 0 N–H and O–H groups in total. The molecule has 2 rings (SSSR count). The standard InChI is InChI=1S/C17H24N2O/c1-18(2)12-10-17(20)16-9-6-11-19(14-16)13-15-7-4-3-5-8-15/h3-5,7-8,10,12,16H,6,9,11,13-14H2,1-2H3/b12-10+. The molecule has 0 aromatic heterocycles. The van der Waals surface area contributed by atoms with Crippen molar-refractivity contribution < 1.29 is 4.79 Å². The number of carbonyl (C=O) groups excluding carboxylic acids is 1. The van der Waals surface area contributed by atoms with Gasteiger partial charge in [-0.25, -0.2) is 0 Å². The van der Waals surface area contributed by atoms with Crippen LogP contribution in [-0.2, 0) is 11.3 Å². The SMILES string of the molecule is CN(C)/C=C/C(=O)C1CCCN(Cc2ccccc2)C1. The van der Waals surface area contributed by atoms with Gasteiger partial charge in [-0.3, -0.25) is 9.69 Å². The summed E-state index contributed by atoms with van der Waals surface area (Å²) in [5.74, 6) is 0.417. The molecule has 0 amide bonds. The van der Waals surface area contributed by atoms with Crippen molar-refractivity contribution in [2.45, 2.75) is 19.4 Å². The fourth-order valence-corrected chi connectivity index (χ4v) is 2.63. The molecule has 1 fully saturated rings. The van der Waals surface area contributed by atoms with Crippen LogP contribution in [0, 0.1) is 5.92 Å². The van der Waals surface area contributed by atoms with Crippen LogP contribution in [0.15, 0.2) is 42.6 Å². The van der Waals surface area contributed by atoms with Gasteiger partial charge in [-0.15, -0.1) is 0 Å². The lowest BCUT2D eigenvalue weighted by atomic mass is 9.93. The summed E-state index contributed by atoms with van der Waals surface area (Å²) in [6, 6.07) is 10.5. The quantitative estimate of drug-likeness (QED) is 0.770. The van der Waals surface area contributed by atoms with Crippen LogP contribution >= 0.6 is 0 Å². The lowest BCUT2D eigenvalue weighted by molar-refractivity contribution is -0.119. The molecule has 1 saturated heterocycles. The van der Waals surface area contributed by atoms with E-state index in [-0.39, 0.29) is 11.7 Å². The first-order valence-electron chi connectivity index (χ1n) is 7.30. The van der Waals surface area contributed by atoms with Crippen molar-refractivity contribution in [2.75, 3.05) is 27.2 Å². The van der Waals surface area contributed by atoms with Crippen LogP contribution in [0.4, 0.5) is 0 Å². The Bertz CT molecular complexity index is 453. The van der Waals surface area contributed by atoms with Crippen LogP contribution in [0.3, 0.4) is 0 Å². The average Bonchev–Trinajstić information content (AvgIpc) is 2.46. The Kier molecular flexibility index (Phi) is 5.36. The number of piperidine rings is 1. The molecule has 3 heteroatoms. The number of allylic oxidation sites excluding steroid dienone is 1. The van der Waals surface area contributed by atoms with Gasteiger partial charge in [0.05, 0.1) is 0 Å². The molecule has 3 nitrogen and oxygen atoms in total. The summed E-state index contributed by atoms with van der Waals surface area (Å²) in [6.07, 6.45) is 5.69. The molecular formula is C17H24N2O. The third-order valence-corrected chi connectivity index (χ3v) is 3.69. The molecule has 0 bridgehead atoms. The normalized spacial score (nSPS) is 20.2. The van der Waals surface area contributed by atoms with Crippen molar-refractivity contribution in [3.8, 4) is 0 Å². The number of nitrogens with zero attached hydrogens (tertiary/aromatic N) is 2. The molecule has 1 heterocycles. The highest BCUT2D eigenvalue weighted by Gasteiger charge is 2.24. The number of benzene rings is 1. The van der Waals surface area contributed by atoms with Crippen molar-refractivity contribution in [2.24, 2.45) is 5.92 Å². The third-order valence-electron chi connectivity index (χ3n) is 3.69. The number of carbonyl (C=O) groups is 1. The lowest BCUT2D eigenvalue weighted by Crippen LogP contribution is -2.37. The second-order valence-electron chi connectivity index (χ2n) is 5.74. The zero-order valence-corrected chi connectivity index (χ0v) is 12.5. The number of likely N-dealkylation sites (tertiary alicyclic amines) is 1. The molecule has 1 aromatic carbocycles. The van der Waals surface area contributed by atoms with E-state index in [9.17, 15) is 4.79 Å². The van der Waals surface area contributed by atoms with E-state index in [1.54, 1.807) is 6.08 Å². The highest BCUT2D eigenvalue weighted by atomic mass is 16.1. The van der Waals surface area contributed by atoms with Gasteiger partial charge in [-0.05, 0) is 31.0 Å². The number of rotatable bonds is 5. The Labute approximate surface area is 121 Å². The molecular weight excluding hydrogens is 248 g/mol. The van der Waals surface area contributed by atoms with Gasteiger partial charge >= 0.3 is 0 Å². The van der Waals surface area contributed by atoms with E-state index in [1.165, 1.54) is 5.56 Å². The number of hydrogen-bond acceptors (Lipinski definition) is 3. The summed E-state index contributed by atoms with van der Waals surface area (Å²) in [6.45, 7) is 2.92. The van der Waals surface area contributed by atoms with Gasteiger partial charge in [0.25, 0.3) is 0 Å². The highest BCUT2D eigenvalue weighted by Crippen LogP contribution is 2.19. The minimum atomic E-state index is 0.156. The predicted octanol–water partition coefficient (Wildman–Crippen LogP) is 2.54. The van der Waals surface area contributed by atoms with E-state index < -0.39 is 0 Å². The molecule has 0 saturated carbocycles. The maximum absolute atomic E-state index is 12.2. The second-order valence-corrected chi connectivity index (χ2v) is 5.74. The smallest absolute Gasteiger partial charge is 0.161 e. The van der Waals surface area contributed by atoms with Gasteiger partial charge in [0.1, 0.15) is 0 Å². The summed E-state index contributed by atoms with van der Waals surface area (Å²) < 4.78 is 0. The van der Waals surface area contributed by atoms with Gasteiger partial charge in [0.15, 0.2) is 5.78 Å². The zero-order chi connectivity index (χ0) is 14.4. The van der Waals surface area contributed by atoms with Gasteiger partial charge in [-0.2, -0.15) is 0 Å². The van der Waals surface area contributed by atoms with Gasteiger partial charge in [0.2, 0.25) is 0 Å². The molecule has 108 valence electrons. The van der Waals surface area contributed by atoms with Crippen molar-refractivity contribution in [1.82, 2.24) is 9.80 Å². The van der Waals surface area contributed by atoms with E-state index in [0.29, 0.717) is 0 Å². The van der Waals surface area contributed by atoms with Crippen LogP contribution in [0.2, 0.25) is 0 Å². The lowest BCUT2D eigenvalue weighted by Gasteiger charge is -2.31. The first-order valence-corrected chi connectivity index (χ1v) is 7.30. The van der Waals surface area contributed by atoms with Gasteiger partial charge < -0.3 is 4.90 Å². The van der Waals surface area contributed by atoms with Crippen molar-refractivity contribution >= 4 is 5.78 Å². The first-order chi connectivity index (χ1) is 9.65. The molecule has 1 aliphatic heterocycles. The Balaban J connectivity index is 1.90. The highest BCUT2D eigenvalue weighted by molar-refractivity contribution is 5.91. The summed E-state index contributed by atoms with van der Waals surface area (Å²) in [4.78, 5) is 16.5. The summed E-state index contributed by atoms with van der Waals surface area (Å²) in [7, 11) is 3.87. The Morgan fingerprint density at radius 3 is 2.80 bits per heavy atom. The Morgan fingerprint density at radius 1 is 1.35 bits per heavy atom. The first kappa shape index (κ1) is 14.8. The topological polar surface area (TPSA) is 23.6 Å². The molecule has 1 unspecified atom stereocenters. The Morgan fingerprint density at radius 2 is 2.10 bits per heavy atom. The van der Waals surface area contributed by atoms with E-state index in [1.807, 2.05) is 31.3 Å². The van der Waals surface area contributed by atoms with E-state index in [4.69, 9.17) is 0 Å². The van der Waals surface area contributed by atoms with E-state index in [0.717, 1.165) is 32.5 Å². The maximum atomic E-state index is 12.2. The molecule has 0 spiro atoms. The molecule has 0 aliphatic carbocycles. The van der Waals surface area contributed by atoms with Crippen molar-refractivity contribution in [1.29, 1.82) is 0 Å². The third kappa shape index (κ3) is 4.49. The van der Waals surface area contributed by atoms with E-state index >= 15 is 0 Å². The molecule has 0 radical (unpaired) electrons. The summed E-state index contributed by atoms with van der Waals surface area (Å²) in [5.41, 5.74) is 1.32. The minimum absolute atomic E-state index is 0.156. The van der Waals surface area contributed by atoms with Gasteiger partial charge in [0, 0.05) is 39.3 Å². The van der Waals surface area contributed by atoms with Crippen LogP contribution in [-0.4, -0.2) is 42.8 Å². The number of hydrogen-bond donors (Lipinski definition) is 0. The van der Waals surface area contributed by atoms with Crippen LogP contribution in [0.1, 0.15) is 18.4 Å². The van der Waals surface area contributed by atoms with Crippen LogP contribution < -0.4 is 0 Å². The molecule has 20 heavy (non-hydrogen) atoms. The van der Waals surface area contributed by atoms with Gasteiger partial charge in [-0.1, -0.05) is 30.3 Å². The number of ketones is 1. The Hall–Kier alpha value is -1.61. The maximum Gasteiger partial charge on any atom is 0.161 e. The van der Waals surface area contributed by atoms with E-state index in [2.05, 4.69) is 29.2 Å². The molecule has 1 aliphatic rings. The zero-order valence-electron chi connectivity index (χ0n) is 12.5. The second kappa shape index (κ2) is 7.25. The van der Waals surface area contributed by atoms with Crippen LogP contribution in [0.5, 0.6) is 0 Å². The molecule has 1 atom stereocenters.